The number of nitrogens with one attached hydrogen (secondary N) is 3. The lowest BCUT2D eigenvalue weighted by atomic mass is 9.84. The summed E-state index contributed by atoms with van der Waals surface area (Å²) in [4.78, 5) is 64.6. The first kappa shape index (κ1) is 37.9. The van der Waals surface area contributed by atoms with Gasteiger partial charge in [-0.2, -0.15) is 0 Å². The molecule has 2 aliphatic carbocycles. The molecule has 3 fully saturated rings. The summed E-state index contributed by atoms with van der Waals surface area (Å²) in [5.74, 6) is -0.739. The molecule has 3 N–H and O–H groups in total. The summed E-state index contributed by atoms with van der Waals surface area (Å²) in [5, 5.41) is 7.11. The van der Waals surface area contributed by atoms with Crippen LogP contribution in [0.3, 0.4) is 0 Å². The monoisotopic (exact) mass is 735 g/mol. The van der Waals surface area contributed by atoms with Gasteiger partial charge in [-0.1, -0.05) is 90.8 Å². The number of ether oxygens (including phenoxy) is 1. The van der Waals surface area contributed by atoms with E-state index in [2.05, 4.69) is 49.0 Å². The molecule has 0 bridgehead atoms. The fourth-order valence-corrected chi connectivity index (χ4v) is 7.63. The maximum Gasteiger partial charge on any atom is 0.410 e. The fourth-order valence-electron chi connectivity index (χ4n) is 7.37. The average molecular weight is 736 g/mol. The molecular weight excluding hydrogens is 682 g/mol. The number of likely N-dealkylation sites (tertiary alicyclic amines) is 1. The van der Waals surface area contributed by atoms with Crippen LogP contribution in [-0.4, -0.2) is 70.5 Å². The molecule has 0 spiro atoms. The number of halogens is 1. The van der Waals surface area contributed by atoms with E-state index in [0.29, 0.717) is 43.5 Å². The van der Waals surface area contributed by atoms with Crippen molar-refractivity contribution in [2.75, 3.05) is 18.5 Å². The zero-order valence-electron chi connectivity index (χ0n) is 31.5. The van der Waals surface area contributed by atoms with E-state index in [1.807, 2.05) is 52.0 Å². The van der Waals surface area contributed by atoms with E-state index in [9.17, 15) is 19.2 Å². The van der Waals surface area contributed by atoms with Gasteiger partial charge in [-0.05, 0) is 76.8 Å². The highest BCUT2D eigenvalue weighted by molar-refractivity contribution is 6.31. The summed E-state index contributed by atoms with van der Waals surface area (Å²) < 4.78 is 6.03. The Morgan fingerprint density at radius 2 is 1.75 bits per heavy atom. The van der Waals surface area contributed by atoms with E-state index in [1.165, 1.54) is 4.90 Å². The van der Waals surface area contributed by atoms with Crippen LogP contribution in [0, 0.1) is 17.3 Å². The standard InChI is InChI=1S/C40H54ClN5O6/c1-8-26-19-40(26,36(49)44-51-23-24-15-16-24)43-34(47)32-18-29(52-37(50)45-20-25-11-9-14-31(41)30(25)22-45)21-46(32)35(48)33(39(5,6)7)42-28-13-10-12-27(17-28)38(2,3)4/h9-14,17,24,26,29,32-33,42H,8,15-16,18-23H2,1-7H3,(H,43,47)(H,44,49)/t26-,29?,32+,33-,40-/m1/s1. The van der Waals surface area contributed by atoms with Crippen molar-refractivity contribution in [3.63, 3.8) is 0 Å². The molecule has 2 aliphatic heterocycles. The lowest BCUT2D eigenvalue weighted by Crippen LogP contribution is -2.58. The van der Waals surface area contributed by atoms with Crippen LogP contribution in [0.25, 0.3) is 0 Å². The second-order valence-electron chi connectivity index (χ2n) is 17.2. The van der Waals surface area contributed by atoms with E-state index in [1.54, 1.807) is 11.0 Å². The van der Waals surface area contributed by atoms with Gasteiger partial charge in [-0.15, -0.1) is 0 Å². The van der Waals surface area contributed by atoms with Gasteiger partial charge in [-0.25, -0.2) is 10.3 Å². The first-order valence-corrected chi connectivity index (χ1v) is 19.0. The summed E-state index contributed by atoms with van der Waals surface area (Å²) in [6.07, 6.45) is 2.14. The third kappa shape index (κ3) is 8.20. The third-order valence-corrected chi connectivity index (χ3v) is 11.3. The molecule has 1 unspecified atom stereocenters. The molecule has 12 heteroatoms. The van der Waals surface area contributed by atoms with Crippen molar-refractivity contribution in [3.05, 3.63) is 64.2 Å². The third-order valence-electron chi connectivity index (χ3n) is 11.0. The molecule has 6 rings (SSSR count). The number of carbonyl (C=O) groups excluding carboxylic acids is 4. The van der Waals surface area contributed by atoms with Gasteiger partial charge in [0.15, 0.2) is 0 Å². The maximum atomic E-state index is 14.7. The summed E-state index contributed by atoms with van der Waals surface area (Å²) in [7, 11) is 0. The van der Waals surface area contributed by atoms with Crippen molar-refractivity contribution in [3.8, 4) is 0 Å². The predicted molar refractivity (Wildman–Crippen MR) is 199 cm³/mol. The van der Waals surface area contributed by atoms with Gasteiger partial charge in [0.25, 0.3) is 5.91 Å². The minimum Gasteiger partial charge on any atom is -0.444 e. The first-order valence-electron chi connectivity index (χ1n) is 18.6. The number of hydrogen-bond acceptors (Lipinski definition) is 7. The summed E-state index contributed by atoms with van der Waals surface area (Å²) >= 11 is 6.41. The SMILES string of the molecule is CC[C@@H]1C[C@]1(NC(=O)[C@@H]1CC(OC(=O)N2Cc3cccc(Cl)c3C2)CN1C(=O)[C@@H](Nc1cccc(C(C)(C)C)c1)C(C)(C)C)C(=O)NOCC1CC1. The molecule has 0 aromatic heterocycles. The van der Waals surface area contributed by atoms with Gasteiger partial charge in [0.05, 0.1) is 19.7 Å². The molecule has 52 heavy (non-hydrogen) atoms. The second kappa shape index (κ2) is 14.5. The minimum atomic E-state index is -1.13. The van der Waals surface area contributed by atoms with Gasteiger partial charge in [0, 0.05) is 23.7 Å². The van der Waals surface area contributed by atoms with Gasteiger partial charge in [-0.3, -0.25) is 24.1 Å². The van der Waals surface area contributed by atoms with Crippen LogP contribution in [0.1, 0.15) is 97.3 Å². The van der Waals surface area contributed by atoms with Crippen LogP contribution in [0.5, 0.6) is 0 Å². The highest BCUT2D eigenvalue weighted by atomic mass is 35.5. The Bertz CT molecular complexity index is 1700. The molecule has 4 amide bonds. The van der Waals surface area contributed by atoms with E-state index >= 15 is 0 Å². The van der Waals surface area contributed by atoms with Crippen LogP contribution in [-0.2, 0) is 42.5 Å². The molecule has 282 valence electrons. The van der Waals surface area contributed by atoms with Crippen molar-refractivity contribution >= 4 is 41.1 Å². The number of benzene rings is 2. The highest BCUT2D eigenvalue weighted by Crippen LogP contribution is 2.46. The Labute approximate surface area is 312 Å². The van der Waals surface area contributed by atoms with Crippen molar-refractivity contribution in [1.29, 1.82) is 0 Å². The van der Waals surface area contributed by atoms with E-state index in [0.717, 1.165) is 35.2 Å². The van der Waals surface area contributed by atoms with Crippen LogP contribution in [0.2, 0.25) is 5.02 Å². The number of hydrogen-bond donors (Lipinski definition) is 3. The number of nitrogens with zero attached hydrogens (tertiary/aromatic N) is 2. The van der Waals surface area contributed by atoms with Gasteiger partial charge in [0.1, 0.15) is 23.7 Å². The van der Waals surface area contributed by atoms with Crippen LogP contribution >= 0.6 is 11.6 Å². The number of hydroxylamine groups is 1. The molecule has 2 saturated carbocycles. The van der Waals surface area contributed by atoms with Crippen LogP contribution < -0.4 is 16.1 Å². The first-order chi connectivity index (χ1) is 24.5. The smallest absolute Gasteiger partial charge is 0.410 e. The predicted octanol–water partition coefficient (Wildman–Crippen LogP) is 6.33. The second-order valence-corrected chi connectivity index (χ2v) is 17.6. The Kier molecular flexibility index (Phi) is 10.6. The molecule has 4 aliphatic rings. The minimum absolute atomic E-state index is 0.0292. The molecule has 2 aromatic rings. The Morgan fingerprint density at radius 1 is 1.02 bits per heavy atom. The fraction of sp³-hybridized carbons (Fsp3) is 0.600. The quantitative estimate of drug-likeness (QED) is 0.230. The number of amides is 4. The normalized spacial score (nSPS) is 24.6. The molecule has 2 aromatic carbocycles. The molecule has 2 heterocycles. The van der Waals surface area contributed by atoms with Gasteiger partial charge < -0.3 is 20.3 Å². The Balaban J connectivity index is 1.23. The van der Waals surface area contributed by atoms with Crippen LogP contribution in [0.4, 0.5) is 10.5 Å². The summed E-state index contributed by atoms with van der Waals surface area (Å²) in [5.41, 5.74) is 4.55. The molecule has 5 atom stereocenters. The van der Waals surface area contributed by atoms with Crippen molar-refractivity contribution < 1.29 is 28.8 Å². The van der Waals surface area contributed by atoms with E-state index in [4.69, 9.17) is 21.2 Å². The number of carbonyl (C=O) groups is 4. The summed E-state index contributed by atoms with van der Waals surface area (Å²) in [6, 6.07) is 11.9. The maximum absolute atomic E-state index is 14.7. The molecule has 11 nitrogen and oxygen atoms in total. The number of fused-ring (bicyclic) bond motifs is 1. The number of anilines is 1. The Morgan fingerprint density at radius 3 is 2.38 bits per heavy atom. The number of rotatable bonds is 11. The van der Waals surface area contributed by atoms with Gasteiger partial charge in [0.2, 0.25) is 11.8 Å². The van der Waals surface area contributed by atoms with Crippen molar-refractivity contribution in [2.45, 2.75) is 123 Å². The van der Waals surface area contributed by atoms with E-state index < -0.39 is 41.1 Å². The molecule has 0 radical (unpaired) electrons. The lowest BCUT2D eigenvalue weighted by molar-refractivity contribution is -0.144. The lowest BCUT2D eigenvalue weighted by Gasteiger charge is -2.36. The zero-order chi connectivity index (χ0) is 37.6. The van der Waals surface area contributed by atoms with E-state index in [-0.39, 0.29) is 36.1 Å². The summed E-state index contributed by atoms with van der Waals surface area (Å²) in [6.45, 7) is 15.5. The van der Waals surface area contributed by atoms with Crippen molar-refractivity contribution in [2.24, 2.45) is 17.3 Å². The topological polar surface area (TPSA) is 129 Å². The Hall–Kier alpha value is -3.83. The largest absolute Gasteiger partial charge is 0.444 e. The van der Waals surface area contributed by atoms with Crippen LogP contribution in [0.15, 0.2) is 42.5 Å². The molecule has 1 saturated heterocycles. The highest BCUT2D eigenvalue weighted by Gasteiger charge is 2.61. The molecular formula is C40H54ClN5O6. The average Bonchev–Trinajstić information content (AvgIpc) is 3.94. The zero-order valence-corrected chi connectivity index (χ0v) is 32.3. The van der Waals surface area contributed by atoms with Gasteiger partial charge >= 0.3 is 6.09 Å². The van der Waals surface area contributed by atoms with Crippen molar-refractivity contribution in [1.82, 2.24) is 20.6 Å².